The fourth-order valence-electron chi connectivity index (χ4n) is 1.67. The van der Waals surface area contributed by atoms with Crippen LogP contribution in [-0.4, -0.2) is 48.2 Å². The van der Waals surface area contributed by atoms with E-state index in [2.05, 4.69) is 11.3 Å². The van der Waals surface area contributed by atoms with Gasteiger partial charge in [0, 0.05) is 0 Å². The molecular formula is C13H11F11O3. The second-order valence-electron chi connectivity index (χ2n) is 4.99. The van der Waals surface area contributed by atoms with E-state index >= 15 is 0 Å². The number of Topliss-reactive ketones (excluding diaryl/α,β-unsaturated/α-hetero) is 1. The van der Waals surface area contributed by atoms with Gasteiger partial charge in [0.2, 0.25) is 5.78 Å². The van der Waals surface area contributed by atoms with E-state index < -0.39 is 60.6 Å². The van der Waals surface area contributed by atoms with Crippen molar-refractivity contribution >= 4 is 11.8 Å². The van der Waals surface area contributed by atoms with Crippen LogP contribution >= 0.6 is 0 Å². The van der Waals surface area contributed by atoms with Gasteiger partial charge in [-0.1, -0.05) is 6.08 Å². The van der Waals surface area contributed by atoms with Gasteiger partial charge in [-0.05, 0) is 13.3 Å². The number of alkyl halides is 11. The lowest BCUT2D eigenvalue weighted by Gasteiger charge is -2.37. The molecule has 0 rings (SSSR count). The maximum Gasteiger partial charge on any atom is 0.460 e. The normalized spacial score (nSPS) is 15.3. The number of allylic oxidation sites excluding steroid dienone is 1. The van der Waals surface area contributed by atoms with Gasteiger partial charge in [-0.15, -0.1) is 6.58 Å². The predicted molar refractivity (Wildman–Crippen MR) is 65.8 cm³/mol. The van der Waals surface area contributed by atoms with Gasteiger partial charge in [0.05, 0.1) is 6.61 Å². The summed E-state index contributed by atoms with van der Waals surface area (Å²) in [6, 6.07) is 0. The number of halogens is 11. The highest BCUT2D eigenvalue weighted by Gasteiger charge is 2.88. The van der Waals surface area contributed by atoms with Gasteiger partial charge in [0.25, 0.3) is 0 Å². The average Bonchev–Trinajstić information content (AvgIpc) is 2.50. The molecule has 14 heteroatoms. The largest absolute Gasteiger partial charge is 0.465 e. The van der Waals surface area contributed by atoms with Crippen molar-refractivity contribution in [3.63, 3.8) is 0 Å². The van der Waals surface area contributed by atoms with Gasteiger partial charge in [-0.2, -0.15) is 48.3 Å². The summed E-state index contributed by atoms with van der Waals surface area (Å²) in [6.45, 7) is 3.38. The predicted octanol–water partition coefficient (Wildman–Crippen LogP) is 4.41. The van der Waals surface area contributed by atoms with E-state index in [1.165, 1.54) is 0 Å². The monoisotopic (exact) mass is 424 g/mol. The van der Waals surface area contributed by atoms with Gasteiger partial charge in [-0.25, -0.2) is 0 Å². The smallest absolute Gasteiger partial charge is 0.460 e. The molecule has 0 aromatic carbocycles. The molecule has 0 aromatic heterocycles. The molecule has 3 nitrogen and oxygen atoms in total. The first kappa shape index (κ1) is 25.1. The van der Waals surface area contributed by atoms with Crippen molar-refractivity contribution in [2.75, 3.05) is 6.61 Å². The number of ketones is 1. The fourth-order valence-corrected chi connectivity index (χ4v) is 1.67. The third kappa shape index (κ3) is 4.03. The number of carbonyl (C=O) groups is 2. The summed E-state index contributed by atoms with van der Waals surface area (Å²) in [5.74, 6) is -37.8. The maximum atomic E-state index is 13.7. The van der Waals surface area contributed by atoms with Crippen LogP contribution in [0, 0.1) is 5.92 Å². The van der Waals surface area contributed by atoms with Gasteiger partial charge in [0.15, 0.2) is 0 Å². The Balaban J connectivity index is 6.25. The van der Waals surface area contributed by atoms with Crippen molar-refractivity contribution in [2.24, 2.45) is 5.92 Å². The quantitative estimate of drug-likeness (QED) is 0.238. The molecular weight excluding hydrogens is 413 g/mol. The standard InChI is InChI=1S/C13H11F11O3/c1-3-5-6(8(26)27-4-2)7(25)9(14,15)10(16,17)11(18,19)12(20,21)13(22,23)24/h3,6H,1,4-5H2,2H3. The summed E-state index contributed by atoms with van der Waals surface area (Å²) in [5.41, 5.74) is 0. The topological polar surface area (TPSA) is 43.4 Å². The first-order valence-electron chi connectivity index (χ1n) is 6.74. The average molecular weight is 424 g/mol. The van der Waals surface area contributed by atoms with Crippen molar-refractivity contribution in [3.8, 4) is 0 Å². The molecule has 27 heavy (non-hydrogen) atoms. The molecule has 0 aromatic rings. The van der Waals surface area contributed by atoms with Gasteiger partial charge in [-0.3, -0.25) is 9.59 Å². The van der Waals surface area contributed by atoms with E-state index in [0.29, 0.717) is 6.08 Å². The van der Waals surface area contributed by atoms with Gasteiger partial charge < -0.3 is 4.74 Å². The molecule has 158 valence electrons. The Hall–Kier alpha value is -1.89. The molecule has 1 atom stereocenters. The second kappa shape index (κ2) is 7.62. The van der Waals surface area contributed by atoms with Crippen LogP contribution in [0.5, 0.6) is 0 Å². The van der Waals surface area contributed by atoms with E-state index in [-0.39, 0.29) is 0 Å². The molecule has 0 saturated carbocycles. The van der Waals surface area contributed by atoms with Crippen LogP contribution in [0.25, 0.3) is 0 Å². The van der Waals surface area contributed by atoms with Crippen molar-refractivity contribution < 1.29 is 62.6 Å². The molecule has 0 N–H and O–H groups in total. The third-order valence-corrected chi connectivity index (χ3v) is 3.14. The summed E-state index contributed by atoms with van der Waals surface area (Å²) in [4.78, 5) is 22.9. The summed E-state index contributed by atoms with van der Waals surface area (Å²) < 4.78 is 146. The van der Waals surface area contributed by atoms with E-state index in [4.69, 9.17) is 0 Å². The minimum absolute atomic E-state index is 0.538. The van der Waals surface area contributed by atoms with Crippen LogP contribution in [0.4, 0.5) is 48.3 Å². The summed E-state index contributed by atoms with van der Waals surface area (Å²) in [6.07, 6.45) is -7.97. The highest BCUT2D eigenvalue weighted by molar-refractivity contribution is 6.03. The fraction of sp³-hybridized carbons (Fsp3) is 0.692. The SMILES string of the molecule is C=CCC(C(=O)OCC)C(=O)C(F)(F)C(F)(F)C(F)(F)C(F)(F)C(F)(F)F. The molecule has 0 spiro atoms. The summed E-state index contributed by atoms with van der Waals surface area (Å²) >= 11 is 0. The lowest BCUT2D eigenvalue weighted by Crippen LogP contribution is -2.68. The molecule has 0 radical (unpaired) electrons. The highest BCUT2D eigenvalue weighted by atomic mass is 19.4. The highest BCUT2D eigenvalue weighted by Crippen LogP contribution is 2.57. The third-order valence-electron chi connectivity index (χ3n) is 3.14. The van der Waals surface area contributed by atoms with Crippen molar-refractivity contribution in [2.45, 2.75) is 43.2 Å². The zero-order valence-corrected chi connectivity index (χ0v) is 13.2. The van der Waals surface area contributed by atoms with Crippen LogP contribution in [-0.2, 0) is 14.3 Å². The van der Waals surface area contributed by atoms with E-state index in [1.54, 1.807) is 0 Å². The molecule has 0 fully saturated rings. The van der Waals surface area contributed by atoms with Crippen molar-refractivity contribution in [3.05, 3.63) is 12.7 Å². The van der Waals surface area contributed by atoms with Crippen molar-refractivity contribution in [1.29, 1.82) is 0 Å². The lowest BCUT2D eigenvalue weighted by molar-refractivity contribution is -0.417. The van der Waals surface area contributed by atoms with Crippen LogP contribution in [0.15, 0.2) is 12.7 Å². The van der Waals surface area contributed by atoms with Crippen LogP contribution in [0.2, 0.25) is 0 Å². The summed E-state index contributed by atoms with van der Waals surface area (Å²) in [5, 5.41) is 0. The van der Waals surface area contributed by atoms with E-state index in [0.717, 1.165) is 6.92 Å². The number of carbonyl (C=O) groups excluding carboxylic acids is 2. The molecule has 0 aliphatic carbocycles. The van der Waals surface area contributed by atoms with E-state index in [9.17, 15) is 57.9 Å². The Morgan fingerprint density at radius 3 is 1.67 bits per heavy atom. The molecule has 0 amide bonds. The summed E-state index contributed by atoms with van der Waals surface area (Å²) in [7, 11) is 0. The molecule has 0 aliphatic rings. The van der Waals surface area contributed by atoms with Crippen LogP contribution in [0.3, 0.4) is 0 Å². The maximum absolute atomic E-state index is 13.7. The number of rotatable bonds is 9. The molecule has 0 bridgehead atoms. The van der Waals surface area contributed by atoms with E-state index in [1.807, 2.05) is 0 Å². The zero-order valence-electron chi connectivity index (χ0n) is 13.2. The Morgan fingerprint density at radius 2 is 1.33 bits per heavy atom. The van der Waals surface area contributed by atoms with Gasteiger partial charge in [0.1, 0.15) is 5.92 Å². The molecule has 0 saturated heterocycles. The number of ether oxygens (including phenoxy) is 1. The molecule has 1 unspecified atom stereocenters. The van der Waals surface area contributed by atoms with Crippen molar-refractivity contribution in [1.82, 2.24) is 0 Å². The van der Waals surface area contributed by atoms with Gasteiger partial charge >= 0.3 is 35.8 Å². The Labute approximate surface area is 144 Å². The lowest BCUT2D eigenvalue weighted by atomic mass is 9.88. The Morgan fingerprint density at radius 1 is 0.889 bits per heavy atom. The first-order valence-corrected chi connectivity index (χ1v) is 6.74. The first-order chi connectivity index (χ1) is 11.8. The number of hydrogen-bond donors (Lipinski definition) is 0. The van der Waals surface area contributed by atoms with Crippen LogP contribution < -0.4 is 0 Å². The zero-order chi connectivity index (χ0) is 22.1. The molecule has 0 aliphatic heterocycles. The second-order valence-corrected chi connectivity index (χ2v) is 4.99. The Kier molecular flexibility index (Phi) is 7.09. The molecule has 0 heterocycles. The van der Waals surface area contributed by atoms with Crippen LogP contribution in [0.1, 0.15) is 13.3 Å². The number of hydrogen-bond acceptors (Lipinski definition) is 3. The minimum atomic E-state index is -7.73. The minimum Gasteiger partial charge on any atom is -0.465 e. The Bertz CT molecular complexity index is 581. The number of esters is 1.